The number of ether oxygens (including phenoxy) is 3. The van der Waals surface area contributed by atoms with Crippen LogP contribution in [0.2, 0.25) is 0 Å². The lowest BCUT2D eigenvalue weighted by molar-refractivity contribution is -0.345. The number of ketones is 1. The first-order chi connectivity index (χ1) is 15.8. The number of carbonyl (C=O) groups is 2. The average molecular weight is 496 g/mol. The van der Waals surface area contributed by atoms with E-state index in [1.807, 2.05) is 0 Å². The molecule has 10 unspecified atom stereocenters. The molecule has 1 amide bonds. The number of amides is 1. The number of nitrogens with one attached hydrogen (secondary N) is 1. The second kappa shape index (κ2) is 12.1. The van der Waals surface area contributed by atoms with Crippen molar-refractivity contribution in [3.05, 3.63) is 0 Å². The van der Waals surface area contributed by atoms with Gasteiger partial charge in [-0.3, -0.25) is 4.79 Å². The SMILES string of the molecule is CC(=O)CCCC(=O)NC1C(O)OC(CO)C(C(C)(C)OC2OC(CO)C(O)C(O)C2O)C1O. The molecule has 2 aliphatic heterocycles. The summed E-state index contributed by atoms with van der Waals surface area (Å²) >= 11 is 0. The Balaban J connectivity index is 2.17. The number of hydrogen-bond donors (Lipinski definition) is 8. The van der Waals surface area contributed by atoms with E-state index in [0.717, 1.165) is 0 Å². The minimum Gasteiger partial charge on any atom is -0.394 e. The molecule has 0 radical (unpaired) electrons. The summed E-state index contributed by atoms with van der Waals surface area (Å²) in [5.74, 6) is -1.68. The van der Waals surface area contributed by atoms with Crippen LogP contribution in [0.15, 0.2) is 0 Å². The van der Waals surface area contributed by atoms with Crippen LogP contribution in [0.25, 0.3) is 0 Å². The van der Waals surface area contributed by atoms with Crippen LogP contribution in [0.5, 0.6) is 0 Å². The Kier molecular flexibility index (Phi) is 10.3. The second-order valence-electron chi connectivity index (χ2n) is 9.33. The van der Waals surface area contributed by atoms with Crippen molar-refractivity contribution in [1.82, 2.24) is 5.32 Å². The molecule has 2 heterocycles. The van der Waals surface area contributed by atoms with Crippen molar-refractivity contribution in [3.63, 3.8) is 0 Å². The lowest BCUT2D eigenvalue weighted by Crippen LogP contribution is -2.67. The molecule has 0 aromatic heterocycles. The predicted molar refractivity (Wildman–Crippen MR) is 113 cm³/mol. The molecule has 2 rings (SSSR count). The van der Waals surface area contributed by atoms with Gasteiger partial charge in [-0.1, -0.05) is 0 Å². The Hall–Kier alpha value is -1.26. The fraction of sp³-hybridized carbons (Fsp3) is 0.905. The van der Waals surface area contributed by atoms with Gasteiger partial charge < -0.3 is 60.1 Å². The van der Waals surface area contributed by atoms with Crippen molar-refractivity contribution in [3.8, 4) is 0 Å². The standard InChI is InChI=1S/C21H37NO12/c1-9(25)5-4-6-12(26)22-14-16(28)13(10(7-23)32-19(14)31)21(2,3)34-20-18(30)17(29)15(27)11(8-24)33-20/h10-11,13-20,23-24,27-31H,4-8H2,1-3H3,(H,22,26). The molecule has 13 nitrogen and oxygen atoms in total. The summed E-state index contributed by atoms with van der Waals surface area (Å²) in [6.07, 6.45) is -11.5. The number of Topliss-reactive ketones (excluding diaryl/α,β-unsaturated/α-hetero) is 1. The van der Waals surface area contributed by atoms with Crippen molar-refractivity contribution in [2.75, 3.05) is 13.2 Å². The van der Waals surface area contributed by atoms with Crippen molar-refractivity contribution in [1.29, 1.82) is 0 Å². The number of carbonyl (C=O) groups excluding carboxylic acids is 2. The molecule has 2 saturated heterocycles. The molecule has 0 aliphatic carbocycles. The summed E-state index contributed by atoms with van der Waals surface area (Å²) in [5.41, 5.74) is -1.45. The van der Waals surface area contributed by atoms with Crippen LogP contribution in [0.1, 0.15) is 40.0 Å². The largest absolute Gasteiger partial charge is 0.394 e. The first-order valence-corrected chi connectivity index (χ1v) is 11.2. The summed E-state index contributed by atoms with van der Waals surface area (Å²) < 4.78 is 16.6. The molecule has 13 heteroatoms. The van der Waals surface area contributed by atoms with Gasteiger partial charge in [0.05, 0.1) is 31.0 Å². The number of hydrogen-bond acceptors (Lipinski definition) is 12. The maximum absolute atomic E-state index is 12.3. The van der Waals surface area contributed by atoms with Gasteiger partial charge >= 0.3 is 0 Å². The van der Waals surface area contributed by atoms with Crippen LogP contribution in [0.4, 0.5) is 0 Å². The molecule has 0 spiro atoms. The lowest BCUT2D eigenvalue weighted by Gasteiger charge is -2.50. The zero-order chi connectivity index (χ0) is 25.8. The quantitative estimate of drug-likeness (QED) is 0.148. The van der Waals surface area contributed by atoms with Gasteiger partial charge in [0, 0.05) is 18.8 Å². The molecule has 198 valence electrons. The van der Waals surface area contributed by atoms with Crippen molar-refractivity contribution >= 4 is 11.7 Å². The van der Waals surface area contributed by atoms with Crippen molar-refractivity contribution in [2.45, 2.75) is 101 Å². The third kappa shape index (κ3) is 6.69. The van der Waals surface area contributed by atoms with Gasteiger partial charge in [-0.2, -0.15) is 0 Å². The average Bonchev–Trinajstić information content (AvgIpc) is 2.75. The Morgan fingerprint density at radius 2 is 1.50 bits per heavy atom. The van der Waals surface area contributed by atoms with Gasteiger partial charge in [0.2, 0.25) is 5.91 Å². The van der Waals surface area contributed by atoms with E-state index >= 15 is 0 Å². The Morgan fingerprint density at radius 1 is 0.882 bits per heavy atom. The van der Waals surface area contributed by atoms with E-state index in [1.165, 1.54) is 20.8 Å². The first-order valence-electron chi connectivity index (χ1n) is 11.2. The van der Waals surface area contributed by atoms with Crippen LogP contribution < -0.4 is 5.32 Å². The fourth-order valence-electron chi connectivity index (χ4n) is 4.43. The lowest BCUT2D eigenvalue weighted by atomic mass is 9.76. The topological polar surface area (TPSA) is 215 Å². The van der Waals surface area contributed by atoms with Crippen LogP contribution in [-0.2, 0) is 23.8 Å². The molecule has 0 bridgehead atoms. The maximum atomic E-state index is 12.3. The molecular formula is C21H37NO12. The van der Waals surface area contributed by atoms with E-state index in [9.17, 15) is 45.3 Å². The van der Waals surface area contributed by atoms with E-state index in [0.29, 0.717) is 0 Å². The minimum absolute atomic E-state index is 0.0195. The van der Waals surface area contributed by atoms with Gasteiger partial charge in [-0.05, 0) is 27.2 Å². The molecule has 2 aliphatic rings. The molecule has 0 aromatic carbocycles. The van der Waals surface area contributed by atoms with Crippen LogP contribution >= 0.6 is 0 Å². The number of aliphatic hydroxyl groups is 7. The zero-order valence-corrected chi connectivity index (χ0v) is 19.5. The van der Waals surface area contributed by atoms with Gasteiger partial charge in [0.25, 0.3) is 0 Å². The molecule has 0 aromatic rings. The van der Waals surface area contributed by atoms with E-state index in [2.05, 4.69) is 5.32 Å². The highest BCUT2D eigenvalue weighted by Crippen LogP contribution is 2.38. The van der Waals surface area contributed by atoms with Gasteiger partial charge in [-0.15, -0.1) is 0 Å². The smallest absolute Gasteiger partial charge is 0.220 e. The maximum Gasteiger partial charge on any atom is 0.220 e. The second-order valence-corrected chi connectivity index (χ2v) is 9.33. The van der Waals surface area contributed by atoms with Gasteiger partial charge in [0.15, 0.2) is 12.6 Å². The normalized spacial score (nSPS) is 39.0. The van der Waals surface area contributed by atoms with Crippen LogP contribution in [0.3, 0.4) is 0 Å². The van der Waals surface area contributed by atoms with E-state index in [-0.39, 0.29) is 25.0 Å². The Labute approximate surface area is 197 Å². The van der Waals surface area contributed by atoms with Gasteiger partial charge in [-0.25, -0.2) is 0 Å². The summed E-state index contributed by atoms with van der Waals surface area (Å²) in [5, 5.41) is 73.3. The molecular weight excluding hydrogens is 458 g/mol. The monoisotopic (exact) mass is 495 g/mol. The fourth-order valence-corrected chi connectivity index (χ4v) is 4.43. The first kappa shape index (κ1) is 29.0. The van der Waals surface area contributed by atoms with Crippen molar-refractivity contribution < 1.29 is 59.5 Å². The molecule has 10 atom stereocenters. The Morgan fingerprint density at radius 3 is 2.06 bits per heavy atom. The van der Waals surface area contributed by atoms with Gasteiger partial charge in [0.1, 0.15) is 36.2 Å². The third-order valence-electron chi connectivity index (χ3n) is 6.27. The third-order valence-corrected chi connectivity index (χ3v) is 6.27. The zero-order valence-electron chi connectivity index (χ0n) is 19.5. The Bertz CT molecular complexity index is 689. The van der Waals surface area contributed by atoms with E-state index in [4.69, 9.17) is 14.2 Å². The molecule has 34 heavy (non-hydrogen) atoms. The number of rotatable bonds is 10. The summed E-state index contributed by atoms with van der Waals surface area (Å²) in [6, 6.07) is -1.30. The highest BCUT2D eigenvalue weighted by molar-refractivity contribution is 5.78. The predicted octanol–water partition coefficient (Wildman–Crippen LogP) is -3.49. The molecule has 0 saturated carbocycles. The summed E-state index contributed by atoms with van der Waals surface area (Å²) in [4.78, 5) is 23.3. The molecule has 2 fully saturated rings. The van der Waals surface area contributed by atoms with E-state index in [1.54, 1.807) is 0 Å². The number of aliphatic hydroxyl groups excluding tert-OH is 7. The summed E-state index contributed by atoms with van der Waals surface area (Å²) in [7, 11) is 0. The highest BCUT2D eigenvalue weighted by atomic mass is 16.7. The van der Waals surface area contributed by atoms with Crippen molar-refractivity contribution in [2.24, 2.45) is 5.92 Å². The minimum atomic E-state index is -1.70. The van der Waals surface area contributed by atoms with E-state index < -0.39 is 85.9 Å². The summed E-state index contributed by atoms with van der Waals surface area (Å²) in [6.45, 7) is 3.08. The molecule has 8 N–H and O–H groups in total. The highest BCUT2D eigenvalue weighted by Gasteiger charge is 2.54. The van der Waals surface area contributed by atoms with Crippen LogP contribution in [0, 0.1) is 5.92 Å². The van der Waals surface area contributed by atoms with Crippen LogP contribution in [-0.4, -0.2) is 121 Å².